The van der Waals surface area contributed by atoms with E-state index < -0.39 is 0 Å². The van der Waals surface area contributed by atoms with Crippen molar-refractivity contribution in [3.8, 4) is 0 Å². The van der Waals surface area contributed by atoms with Gasteiger partial charge in [-0.05, 0) is 64.2 Å². The first-order valence-corrected chi connectivity index (χ1v) is 9.95. The third-order valence-electron chi connectivity index (χ3n) is 3.61. The second-order valence-electron chi connectivity index (χ2n) is 5.35. The van der Waals surface area contributed by atoms with Crippen molar-refractivity contribution >= 4 is 60.0 Å². The van der Waals surface area contributed by atoms with E-state index in [1.54, 1.807) is 6.33 Å². The predicted molar refractivity (Wildman–Crippen MR) is 120 cm³/mol. The van der Waals surface area contributed by atoms with E-state index in [0.717, 1.165) is 28.9 Å². The molecule has 0 saturated heterocycles. The van der Waals surface area contributed by atoms with Gasteiger partial charge in [-0.2, -0.15) is 19.2 Å². The summed E-state index contributed by atoms with van der Waals surface area (Å²) < 4.78 is 7.25. The van der Waals surface area contributed by atoms with E-state index in [1.165, 1.54) is 11.1 Å². The van der Waals surface area contributed by atoms with E-state index >= 15 is 0 Å². The molecule has 165 valence electrons. The molecule has 4 heterocycles. The molecule has 4 rings (SSSR count). The summed E-state index contributed by atoms with van der Waals surface area (Å²) in [5.41, 5.74) is 4.39. The zero-order valence-electron chi connectivity index (χ0n) is 17.1. The SMILES string of the molecule is CCc1ccn2c(Br)nnc2c1.CCc1ccn2cnnc2c1.O=C=O.O=C=O.[B]=NS. The predicted octanol–water partition coefficient (Wildman–Crippen LogP) is 2.36. The summed E-state index contributed by atoms with van der Waals surface area (Å²) in [6, 6.07) is 8.24. The van der Waals surface area contributed by atoms with Crippen molar-refractivity contribution in [3.63, 3.8) is 0 Å². The summed E-state index contributed by atoms with van der Waals surface area (Å²) in [7, 11) is 4.34. The van der Waals surface area contributed by atoms with Gasteiger partial charge in [0.15, 0.2) is 11.3 Å². The van der Waals surface area contributed by atoms with Crippen molar-refractivity contribution < 1.29 is 19.2 Å². The van der Waals surface area contributed by atoms with E-state index in [-0.39, 0.29) is 12.3 Å². The van der Waals surface area contributed by atoms with Gasteiger partial charge in [-0.1, -0.05) is 13.8 Å². The van der Waals surface area contributed by atoms with Crippen LogP contribution in [0.25, 0.3) is 11.3 Å². The van der Waals surface area contributed by atoms with Crippen molar-refractivity contribution in [1.82, 2.24) is 29.2 Å². The van der Waals surface area contributed by atoms with E-state index in [9.17, 15) is 0 Å². The fraction of sp³-hybridized carbons (Fsp3) is 0.222. The van der Waals surface area contributed by atoms with Gasteiger partial charge < -0.3 is 0 Å². The second kappa shape index (κ2) is 17.4. The number of thiol groups is 1. The molecule has 0 bridgehead atoms. The molecule has 1 radical (unpaired) electrons. The molecule has 0 spiro atoms. The minimum atomic E-state index is 0.250. The Morgan fingerprint density at radius 2 is 1.47 bits per heavy atom. The third-order valence-corrected chi connectivity index (χ3v) is 4.15. The first-order chi connectivity index (χ1) is 15.4. The zero-order valence-corrected chi connectivity index (χ0v) is 19.6. The van der Waals surface area contributed by atoms with Crippen molar-refractivity contribution in [2.75, 3.05) is 0 Å². The van der Waals surface area contributed by atoms with Gasteiger partial charge in [0.25, 0.3) is 0 Å². The number of pyridine rings is 2. The molecule has 11 nitrogen and oxygen atoms in total. The molecule has 0 atom stereocenters. The fourth-order valence-electron chi connectivity index (χ4n) is 2.20. The maximum atomic E-state index is 8.12. The van der Waals surface area contributed by atoms with Crippen LogP contribution in [0.1, 0.15) is 25.0 Å². The summed E-state index contributed by atoms with van der Waals surface area (Å²) in [5.74, 6) is 0. The van der Waals surface area contributed by atoms with Gasteiger partial charge in [0.1, 0.15) is 6.33 Å². The van der Waals surface area contributed by atoms with Crippen LogP contribution in [-0.4, -0.2) is 49.1 Å². The summed E-state index contributed by atoms with van der Waals surface area (Å²) in [4.78, 5) is 32.5. The van der Waals surface area contributed by atoms with E-state index in [0.29, 0.717) is 0 Å². The fourth-order valence-corrected chi connectivity index (χ4v) is 2.58. The van der Waals surface area contributed by atoms with Gasteiger partial charge >= 0.3 is 37.1 Å². The number of rotatable bonds is 2. The number of halogens is 1. The van der Waals surface area contributed by atoms with E-state index in [4.69, 9.17) is 19.2 Å². The van der Waals surface area contributed by atoms with Gasteiger partial charge in [-0.3, -0.25) is 8.80 Å². The van der Waals surface area contributed by atoms with Crippen LogP contribution >= 0.6 is 28.7 Å². The van der Waals surface area contributed by atoms with Crippen LogP contribution in [0, 0.1) is 0 Å². The summed E-state index contributed by atoms with van der Waals surface area (Å²) in [6.45, 7) is 4.25. The number of hydrogen-bond donors (Lipinski definition) is 1. The number of aromatic nitrogens is 6. The third kappa shape index (κ3) is 10.1. The van der Waals surface area contributed by atoms with Gasteiger partial charge in [0.05, 0.1) is 0 Å². The Morgan fingerprint density at radius 3 is 2.00 bits per heavy atom. The topological polar surface area (TPSA) is 141 Å². The molecule has 0 saturated carbocycles. The first kappa shape index (κ1) is 28.7. The maximum absolute atomic E-state index is 8.12. The van der Waals surface area contributed by atoms with E-state index in [2.05, 4.69) is 87.1 Å². The van der Waals surface area contributed by atoms with Gasteiger partial charge in [-0.15, -0.1) is 20.4 Å². The molecule has 14 heteroatoms. The Balaban J connectivity index is 0.000000443. The molecule has 0 aromatic carbocycles. The molecule has 32 heavy (non-hydrogen) atoms. The number of nitrogens with zero attached hydrogens (tertiary/aromatic N) is 7. The molecule has 4 aromatic rings. The molecule has 0 unspecified atom stereocenters. The molecule has 0 N–H and O–H groups in total. The van der Waals surface area contributed by atoms with Crippen LogP contribution in [0.3, 0.4) is 0 Å². The molecule has 0 fully saturated rings. The quantitative estimate of drug-likeness (QED) is 0.315. The number of aryl methyl sites for hydroxylation is 2. The van der Waals surface area contributed by atoms with Crippen LogP contribution in [0.4, 0.5) is 0 Å². The number of carbonyl (C=O) groups excluding carboxylic acids is 4. The Morgan fingerprint density at radius 1 is 0.969 bits per heavy atom. The van der Waals surface area contributed by atoms with E-state index in [1.807, 2.05) is 33.3 Å². The molecule has 0 amide bonds. The Bertz CT molecular complexity index is 1160. The summed E-state index contributed by atoms with van der Waals surface area (Å²) in [5, 5.41) is 15.6. The zero-order chi connectivity index (χ0) is 24.4. The number of fused-ring (bicyclic) bond motifs is 2. The monoisotopic (exact) mass is 518 g/mol. The van der Waals surface area contributed by atoms with Gasteiger partial charge in [0.2, 0.25) is 4.73 Å². The Labute approximate surface area is 198 Å². The van der Waals surface area contributed by atoms with Crippen molar-refractivity contribution in [3.05, 3.63) is 58.8 Å². The molecular weight excluding hydrogens is 501 g/mol. The molecule has 4 aromatic heterocycles. The van der Waals surface area contributed by atoms with Gasteiger partial charge in [0, 0.05) is 12.4 Å². The van der Waals surface area contributed by atoms with Crippen LogP contribution in [0.2, 0.25) is 0 Å². The average molecular weight is 519 g/mol. The minimum absolute atomic E-state index is 0.250. The van der Waals surface area contributed by atoms with Crippen LogP contribution in [0.15, 0.2) is 52.0 Å². The van der Waals surface area contributed by atoms with Crippen LogP contribution < -0.4 is 0 Å². The summed E-state index contributed by atoms with van der Waals surface area (Å²) >= 11 is 6.49. The standard InChI is InChI=1S/C8H8BrN3.C8H9N3.2CO2.BHNS/c1-2-6-3-4-12-7(5-6)10-11-8(12)9;1-2-7-3-4-11-6-9-10-8(11)5-7;2*2-1-3;1-2-3/h3-5H,2H2,1H3;3-6H,2H2,1H3;;;3H. The first-order valence-electron chi connectivity index (χ1n) is 8.76. The van der Waals surface area contributed by atoms with Crippen LogP contribution in [0.5, 0.6) is 0 Å². The van der Waals surface area contributed by atoms with Crippen molar-refractivity contribution in [2.45, 2.75) is 26.7 Å². The molecule has 0 aliphatic carbocycles. The Hall–Kier alpha value is -3.31. The normalized spacial score (nSPS) is 8.59. The number of hydrogen-bond acceptors (Lipinski definition) is 10. The van der Waals surface area contributed by atoms with Gasteiger partial charge in [-0.25, -0.2) is 0 Å². The van der Waals surface area contributed by atoms with Crippen molar-refractivity contribution in [1.29, 1.82) is 0 Å². The van der Waals surface area contributed by atoms with Crippen molar-refractivity contribution in [2.24, 2.45) is 4.30 Å². The summed E-state index contributed by atoms with van der Waals surface area (Å²) in [6.07, 6.45) is 8.23. The average Bonchev–Trinajstić information content (AvgIpc) is 3.41. The Kier molecular flexibility index (Phi) is 15.6. The van der Waals surface area contributed by atoms with Crippen LogP contribution in [-0.2, 0) is 32.0 Å². The second-order valence-corrected chi connectivity index (χ2v) is 6.29. The molecular formula is C18H18BBrN7O4S. The molecule has 0 aliphatic rings. The molecule has 0 aliphatic heterocycles.